The largest absolute Gasteiger partial charge is 0.464 e. The summed E-state index contributed by atoms with van der Waals surface area (Å²) in [4.78, 5) is 25.3. The number of hydroxylamine groups is 2. The normalized spacial score (nSPS) is 31.4. The quantitative estimate of drug-likeness (QED) is 0.773. The number of furan rings is 1. The minimum absolute atomic E-state index is 0.0356. The molecule has 0 radical (unpaired) electrons. The second-order valence-electron chi connectivity index (χ2n) is 8.39. The number of rotatable bonds is 5. The highest BCUT2D eigenvalue weighted by molar-refractivity contribution is 5.82. The van der Waals surface area contributed by atoms with Crippen LogP contribution in [0.5, 0.6) is 0 Å². The van der Waals surface area contributed by atoms with Crippen molar-refractivity contribution < 1.29 is 28.5 Å². The summed E-state index contributed by atoms with van der Waals surface area (Å²) in [5, 5.41) is 6.47. The first-order valence-corrected chi connectivity index (χ1v) is 10.6. The molecule has 29 heavy (non-hydrogen) atoms. The minimum atomic E-state index is -0.382. The zero-order valence-electron chi connectivity index (χ0n) is 16.3. The molecular formula is C21H26N3O5+. The van der Waals surface area contributed by atoms with Crippen molar-refractivity contribution in [1.29, 1.82) is 0 Å². The van der Waals surface area contributed by atoms with Crippen LogP contribution in [0.1, 0.15) is 24.8 Å². The lowest BCUT2D eigenvalue weighted by Crippen LogP contribution is -2.64. The van der Waals surface area contributed by atoms with Gasteiger partial charge in [-0.3, -0.25) is 10.1 Å². The van der Waals surface area contributed by atoms with Gasteiger partial charge in [-0.1, -0.05) is 23.2 Å². The zero-order chi connectivity index (χ0) is 19.4. The van der Waals surface area contributed by atoms with Crippen molar-refractivity contribution in [2.24, 2.45) is 5.92 Å². The van der Waals surface area contributed by atoms with E-state index >= 15 is 0 Å². The van der Waals surface area contributed by atoms with Gasteiger partial charge in [-0.15, -0.1) is 9.68 Å². The molecule has 1 amide bonds. The summed E-state index contributed by atoms with van der Waals surface area (Å²) in [7, 11) is 0. The molecule has 2 aromatic rings. The number of hydrogen-bond acceptors (Lipinski definition) is 6. The van der Waals surface area contributed by atoms with Crippen LogP contribution in [0, 0.1) is 5.92 Å². The maximum absolute atomic E-state index is 13.2. The predicted molar refractivity (Wildman–Crippen MR) is 102 cm³/mol. The molecule has 1 aromatic carbocycles. The molecule has 8 heteroatoms. The summed E-state index contributed by atoms with van der Waals surface area (Å²) >= 11 is 0. The van der Waals surface area contributed by atoms with Crippen molar-refractivity contribution in [3.05, 3.63) is 36.1 Å². The van der Waals surface area contributed by atoms with Gasteiger partial charge in [-0.05, 0) is 25.3 Å². The summed E-state index contributed by atoms with van der Waals surface area (Å²) in [5.74, 6) is -0.0531. The number of carbonyl (C=O) groups excluding carboxylic acids is 1. The molecule has 1 aromatic heterocycles. The van der Waals surface area contributed by atoms with E-state index in [0.717, 1.165) is 48.9 Å². The van der Waals surface area contributed by atoms with Gasteiger partial charge in [-0.2, -0.15) is 0 Å². The smallest absolute Gasteiger partial charge is 0.251 e. The van der Waals surface area contributed by atoms with E-state index in [1.54, 1.807) is 6.26 Å². The molecule has 4 saturated heterocycles. The van der Waals surface area contributed by atoms with E-state index in [1.165, 1.54) is 0 Å². The van der Waals surface area contributed by atoms with Crippen molar-refractivity contribution in [3.63, 3.8) is 0 Å². The van der Waals surface area contributed by atoms with Crippen molar-refractivity contribution in [1.82, 2.24) is 10.3 Å². The number of para-hydroxylation sites is 1. The van der Waals surface area contributed by atoms with E-state index in [4.69, 9.17) is 18.8 Å². The Morgan fingerprint density at radius 2 is 2.03 bits per heavy atom. The van der Waals surface area contributed by atoms with Gasteiger partial charge >= 0.3 is 0 Å². The van der Waals surface area contributed by atoms with Crippen LogP contribution in [0.25, 0.3) is 11.0 Å². The molecule has 0 spiro atoms. The first kappa shape index (κ1) is 17.9. The van der Waals surface area contributed by atoms with Crippen LogP contribution in [0.2, 0.25) is 0 Å². The monoisotopic (exact) mass is 400 g/mol. The Hall–Kier alpha value is -1.97. The van der Waals surface area contributed by atoms with Gasteiger partial charge in [0, 0.05) is 10.9 Å². The lowest BCUT2D eigenvalue weighted by atomic mass is 9.88. The molecule has 8 nitrogen and oxygen atoms in total. The maximum atomic E-state index is 13.2. The highest BCUT2D eigenvalue weighted by Gasteiger charge is 2.58. The first-order valence-electron chi connectivity index (χ1n) is 10.6. The standard InChI is InChI=1S/C21H25N3O5/c25-21(17-12-15-5-6-19(17)29-15)22-20(24-23(7-9-27-24)8-10-28-24)11-14-13-26-18-4-2-1-3-16(14)18/h1-4,13,15,17,19-20H,5-12H2/p+1/t15-,17-,19+,20-/m1/s1. The molecular weight excluding hydrogens is 374 g/mol. The fourth-order valence-electron chi connectivity index (χ4n) is 5.35. The van der Waals surface area contributed by atoms with Crippen LogP contribution >= 0.6 is 0 Å². The summed E-state index contributed by atoms with van der Waals surface area (Å²) in [6.45, 7) is 2.73. The van der Waals surface area contributed by atoms with Crippen molar-refractivity contribution in [2.75, 3.05) is 26.3 Å². The Morgan fingerprint density at radius 3 is 2.79 bits per heavy atom. The molecule has 2 bridgehead atoms. The molecule has 154 valence electrons. The van der Waals surface area contributed by atoms with Crippen LogP contribution in [-0.2, 0) is 25.6 Å². The number of nitrogens with zero attached hydrogens (tertiary/aromatic N) is 2. The van der Waals surface area contributed by atoms with Crippen molar-refractivity contribution >= 4 is 16.9 Å². The van der Waals surface area contributed by atoms with Crippen LogP contribution in [0.3, 0.4) is 0 Å². The fraction of sp³-hybridized carbons (Fsp3) is 0.571. The van der Waals surface area contributed by atoms with Crippen LogP contribution in [-0.4, -0.2) is 60.5 Å². The summed E-state index contributed by atoms with van der Waals surface area (Å²) < 4.78 is 11.6. The number of fused-ring (bicyclic) bond motifs is 4. The van der Waals surface area contributed by atoms with E-state index < -0.39 is 0 Å². The van der Waals surface area contributed by atoms with Gasteiger partial charge in [0.15, 0.2) is 0 Å². The van der Waals surface area contributed by atoms with Crippen LogP contribution in [0.4, 0.5) is 0 Å². The number of hydrogen-bond donors (Lipinski definition) is 1. The van der Waals surface area contributed by atoms with Gasteiger partial charge in [0.2, 0.25) is 5.91 Å². The second-order valence-corrected chi connectivity index (χ2v) is 8.39. The summed E-state index contributed by atoms with van der Waals surface area (Å²) in [6.07, 6.45) is 5.08. The van der Waals surface area contributed by atoms with Gasteiger partial charge in [-0.25, -0.2) is 0 Å². The lowest BCUT2D eigenvalue weighted by molar-refractivity contribution is -1.30. The number of amides is 1. The van der Waals surface area contributed by atoms with Crippen LogP contribution < -0.4 is 5.32 Å². The van der Waals surface area contributed by atoms with Gasteiger partial charge in [0.25, 0.3) is 6.17 Å². The lowest BCUT2D eigenvalue weighted by Gasteiger charge is -2.34. The third kappa shape index (κ3) is 2.82. The third-order valence-electron chi connectivity index (χ3n) is 6.77. The predicted octanol–water partition coefficient (Wildman–Crippen LogP) is 1.91. The van der Waals surface area contributed by atoms with Crippen molar-refractivity contribution in [3.8, 4) is 0 Å². The molecule has 6 rings (SSSR count). The highest BCUT2D eigenvalue weighted by Crippen LogP contribution is 2.39. The Morgan fingerprint density at radius 1 is 1.21 bits per heavy atom. The SMILES string of the molecule is O=C(N[C@@H](Cc1coc2ccccc12)[N+]12OCCN1CCO2)[C@@H]1C[C@H]2CC[C@@H]1O2. The van der Waals surface area contributed by atoms with E-state index in [9.17, 15) is 4.79 Å². The van der Waals surface area contributed by atoms with Gasteiger partial charge in [0.1, 0.15) is 18.8 Å². The Labute approximate surface area is 168 Å². The second kappa shape index (κ2) is 6.78. The number of ether oxygens (including phenoxy) is 1. The highest BCUT2D eigenvalue weighted by atomic mass is 17.1. The zero-order valence-corrected chi connectivity index (χ0v) is 16.3. The number of nitrogens with one attached hydrogen (secondary N) is 1. The average molecular weight is 400 g/mol. The molecule has 0 aliphatic carbocycles. The molecule has 4 fully saturated rings. The molecule has 0 saturated carbocycles. The average Bonchev–Trinajstić information content (AvgIpc) is 3.52. The first-order chi connectivity index (χ1) is 14.2. The fourth-order valence-corrected chi connectivity index (χ4v) is 5.35. The minimum Gasteiger partial charge on any atom is -0.464 e. The molecule has 5 heterocycles. The number of carbonyl (C=O) groups is 1. The number of benzene rings is 1. The van der Waals surface area contributed by atoms with E-state index in [1.807, 2.05) is 24.3 Å². The van der Waals surface area contributed by atoms with E-state index in [-0.39, 0.29) is 35.1 Å². The number of quaternary nitrogens is 1. The Balaban J connectivity index is 1.30. The Bertz CT molecular complexity index is 920. The van der Waals surface area contributed by atoms with Crippen LogP contribution in [0.15, 0.2) is 34.9 Å². The molecule has 0 unspecified atom stereocenters. The van der Waals surface area contributed by atoms with Gasteiger partial charge in [0.05, 0.1) is 48.8 Å². The van der Waals surface area contributed by atoms with Crippen molar-refractivity contribution in [2.45, 2.75) is 44.1 Å². The van der Waals surface area contributed by atoms with E-state index in [0.29, 0.717) is 19.6 Å². The Kier molecular flexibility index (Phi) is 4.18. The summed E-state index contributed by atoms with van der Waals surface area (Å²) in [6, 6.07) is 7.96. The topological polar surface area (TPSA) is 73.2 Å². The molecule has 1 N–H and O–H groups in total. The maximum Gasteiger partial charge on any atom is 0.251 e. The summed E-state index contributed by atoms with van der Waals surface area (Å²) in [5.41, 5.74) is 1.88. The van der Waals surface area contributed by atoms with Gasteiger partial charge < -0.3 is 9.15 Å². The molecule has 4 aliphatic heterocycles. The molecule has 4 atom stereocenters. The third-order valence-corrected chi connectivity index (χ3v) is 6.77. The molecule has 4 aliphatic rings. The van der Waals surface area contributed by atoms with E-state index in [2.05, 4.69) is 10.3 Å².